The van der Waals surface area contributed by atoms with E-state index in [1.54, 1.807) is 0 Å². The summed E-state index contributed by atoms with van der Waals surface area (Å²) in [6.45, 7) is 0. The van der Waals surface area contributed by atoms with Crippen LogP contribution in [0.1, 0.15) is 31.7 Å². The molecule has 1 aliphatic rings. The first-order valence-corrected chi connectivity index (χ1v) is 5.43. The Morgan fingerprint density at radius 1 is 1.33 bits per heavy atom. The van der Waals surface area contributed by atoms with Crippen LogP contribution >= 0.6 is 0 Å². The summed E-state index contributed by atoms with van der Waals surface area (Å²) in [5.74, 6) is 0.825. The van der Waals surface area contributed by atoms with E-state index >= 15 is 0 Å². The third-order valence-electron chi connectivity index (χ3n) is 3.21. The minimum absolute atomic E-state index is 0.0208. The summed E-state index contributed by atoms with van der Waals surface area (Å²) in [7, 11) is 0. The van der Waals surface area contributed by atoms with Crippen molar-refractivity contribution in [3.8, 4) is 0 Å². The molecule has 1 fully saturated rings. The van der Waals surface area contributed by atoms with Crippen molar-refractivity contribution in [1.82, 2.24) is 4.57 Å². The van der Waals surface area contributed by atoms with Gasteiger partial charge in [0.2, 0.25) is 0 Å². The molecular formula is C11H17N3O. The second-order valence-corrected chi connectivity index (χ2v) is 4.14. The Kier molecular flexibility index (Phi) is 2.94. The summed E-state index contributed by atoms with van der Waals surface area (Å²) in [6.07, 6.45) is 8.78. The fourth-order valence-electron chi connectivity index (χ4n) is 2.50. The Balaban J connectivity index is 2.23. The second kappa shape index (κ2) is 4.38. The largest absolute Gasteiger partial charge is 0.409 e. The van der Waals surface area contributed by atoms with Crippen molar-refractivity contribution in [2.75, 3.05) is 0 Å². The Morgan fingerprint density at radius 3 is 2.47 bits per heavy atom. The zero-order valence-corrected chi connectivity index (χ0v) is 8.71. The molecule has 1 atom stereocenters. The van der Waals surface area contributed by atoms with E-state index in [0.717, 1.165) is 0 Å². The van der Waals surface area contributed by atoms with Gasteiger partial charge in [0.25, 0.3) is 0 Å². The van der Waals surface area contributed by atoms with Crippen molar-refractivity contribution in [2.45, 2.75) is 31.7 Å². The summed E-state index contributed by atoms with van der Waals surface area (Å²) in [5.41, 5.74) is 5.77. The number of nitrogens with zero attached hydrogens (tertiary/aromatic N) is 2. The molecule has 1 aliphatic carbocycles. The Hall–Kier alpha value is -1.45. The Morgan fingerprint density at radius 2 is 1.93 bits per heavy atom. The van der Waals surface area contributed by atoms with Gasteiger partial charge in [0.1, 0.15) is 0 Å². The monoisotopic (exact) mass is 207 g/mol. The first-order valence-electron chi connectivity index (χ1n) is 5.43. The SMILES string of the molecule is NC(=NO)[C@H](C1CCCC1)n1cccc1. The summed E-state index contributed by atoms with van der Waals surface area (Å²) >= 11 is 0. The van der Waals surface area contributed by atoms with E-state index in [-0.39, 0.29) is 6.04 Å². The number of aromatic nitrogens is 1. The third kappa shape index (κ3) is 1.98. The van der Waals surface area contributed by atoms with Crippen LogP contribution in [0, 0.1) is 5.92 Å². The lowest BCUT2D eigenvalue weighted by atomic mass is 9.97. The van der Waals surface area contributed by atoms with Crippen LogP contribution in [0.2, 0.25) is 0 Å². The van der Waals surface area contributed by atoms with Crippen LogP contribution in [-0.4, -0.2) is 15.6 Å². The van der Waals surface area contributed by atoms with Crippen LogP contribution in [0.3, 0.4) is 0 Å². The smallest absolute Gasteiger partial charge is 0.162 e. The normalized spacial score (nSPS) is 20.7. The lowest BCUT2D eigenvalue weighted by Gasteiger charge is -2.23. The van der Waals surface area contributed by atoms with Gasteiger partial charge >= 0.3 is 0 Å². The van der Waals surface area contributed by atoms with Crippen LogP contribution in [-0.2, 0) is 0 Å². The standard InChI is InChI=1S/C11H17N3O/c12-11(13-15)10(9-5-1-2-6-9)14-7-3-4-8-14/h3-4,7-10,15H,1-2,5-6H2,(H2,12,13)/t10-/m0/s1. The van der Waals surface area contributed by atoms with Crippen molar-refractivity contribution in [2.24, 2.45) is 16.8 Å². The lowest BCUT2D eigenvalue weighted by Crippen LogP contribution is -2.31. The molecule has 3 N–H and O–H groups in total. The minimum atomic E-state index is 0.0208. The Bertz CT molecular complexity index is 326. The van der Waals surface area contributed by atoms with E-state index in [2.05, 4.69) is 5.16 Å². The van der Waals surface area contributed by atoms with Crippen LogP contribution in [0.25, 0.3) is 0 Å². The van der Waals surface area contributed by atoms with Gasteiger partial charge in [0, 0.05) is 12.4 Å². The maximum Gasteiger partial charge on any atom is 0.162 e. The predicted octanol–water partition coefficient (Wildman–Crippen LogP) is 1.97. The topological polar surface area (TPSA) is 63.5 Å². The molecule has 2 rings (SSSR count). The molecule has 0 unspecified atom stereocenters. The van der Waals surface area contributed by atoms with Gasteiger partial charge in [-0.15, -0.1) is 0 Å². The van der Waals surface area contributed by atoms with Crippen molar-refractivity contribution in [3.05, 3.63) is 24.5 Å². The highest BCUT2D eigenvalue weighted by Crippen LogP contribution is 2.34. The van der Waals surface area contributed by atoms with Gasteiger partial charge in [-0.3, -0.25) is 0 Å². The van der Waals surface area contributed by atoms with Gasteiger partial charge in [0.05, 0.1) is 6.04 Å². The Labute approximate surface area is 89.4 Å². The lowest BCUT2D eigenvalue weighted by molar-refractivity contribution is 0.306. The number of nitrogens with two attached hydrogens (primary N) is 1. The number of rotatable bonds is 3. The molecule has 4 heteroatoms. The first kappa shape index (κ1) is 10.1. The van der Waals surface area contributed by atoms with Crippen molar-refractivity contribution >= 4 is 5.84 Å². The average Bonchev–Trinajstić information content (AvgIpc) is 2.90. The molecular weight excluding hydrogens is 190 g/mol. The van der Waals surface area contributed by atoms with Crippen molar-refractivity contribution in [1.29, 1.82) is 0 Å². The minimum Gasteiger partial charge on any atom is -0.409 e. The highest BCUT2D eigenvalue weighted by molar-refractivity contribution is 5.84. The summed E-state index contributed by atoms with van der Waals surface area (Å²) < 4.78 is 2.03. The molecule has 0 radical (unpaired) electrons. The zero-order chi connectivity index (χ0) is 10.7. The van der Waals surface area contributed by atoms with Gasteiger partial charge in [-0.05, 0) is 30.9 Å². The summed E-state index contributed by atoms with van der Waals surface area (Å²) in [5, 5.41) is 12.0. The van der Waals surface area contributed by atoms with Crippen molar-refractivity contribution in [3.63, 3.8) is 0 Å². The van der Waals surface area contributed by atoms with Crippen LogP contribution < -0.4 is 5.73 Å². The zero-order valence-electron chi connectivity index (χ0n) is 8.71. The van der Waals surface area contributed by atoms with E-state index in [4.69, 9.17) is 10.9 Å². The predicted molar refractivity (Wildman–Crippen MR) is 58.8 cm³/mol. The maximum atomic E-state index is 8.81. The molecule has 0 spiro atoms. The number of hydrogen-bond donors (Lipinski definition) is 2. The third-order valence-corrected chi connectivity index (χ3v) is 3.21. The number of oxime groups is 1. The molecule has 0 aliphatic heterocycles. The van der Waals surface area contributed by atoms with E-state index in [1.807, 2.05) is 29.1 Å². The van der Waals surface area contributed by atoms with Crippen LogP contribution in [0.5, 0.6) is 0 Å². The molecule has 4 nitrogen and oxygen atoms in total. The molecule has 1 aromatic heterocycles. The van der Waals surface area contributed by atoms with Gasteiger partial charge < -0.3 is 15.5 Å². The highest BCUT2D eigenvalue weighted by Gasteiger charge is 2.28. The molecule has 0 saturated heterocycles. The molecule has 0 amide bonds. The molecule has 1 heterocycles. The number of amidine groups is 1. The molecule has 1 aromatic rings. The van der Waals surface area contributed by atoms with Crippen LogP contribution in [0.15, 0.2) is 29.7 Å². The molecule has 0 bridgehead atoms. The molecule has 1 saturated carbocycles. The van der Waals surface area contributed by atoms with E-state index < -0.39 is 0 Å². The summed E-state index contributed by atoms with van der Waals surface area (Å²) in [4.78, 5) is 0. The second-order valence-electron chi connectivity index (χ2n) is 4.14. The molecule has 82 valence electrons. The summed E-state index contributed by atoms with van der Waals surface area (Å²) in [6, 6.07) is 3.95. The average molecular weight is 207 g/mol. The maximum absolute atomic E-state index is 8.81. The van der Waals surface area contributed by atoms with Crippen molar-refractivity contribution < 1.29 is 5.21 Å². The van der Waals surface area contributed by atoms with Gasteiger partial charge in [-0.25, -0.2) is 0 Å². The van der Waals surface area contributed by atoms with Gasteiger partial charge in [0.15, 0.2) is 5.84 Å². The fraction of sp³-hybridized carbons (Fsp3) is 0.545. The van der Waals surface area contributed by atoms with Crippen LogP contribution in [0.4, 0.5) is 0 Å². The van der Waals surface area contributed by atoms with E-state index in [0.29, 0.717) is 11.8 Å². The molecule has 15 heavy (non-hydrogen) atoms. The first-order chi connectivity index (χ1) is 7.33. The highest BCUT2D eigenvalue weighted by atomic mass is 16.4. The molecule has 0 aromatic carbocycles. The number of hydrogen-bond acceptors (Lipinski definition) is 2. The van der Waals surface area contributed by atoms with E-state index in [1.165, 1.54) is 25.7 Å². The van der Waals surface area contributed by atoms with E-state index in [9.17, 15) is 0 Å². The quantitative estimate of drug-likeness (QED) is 0.344. The van der Waals surface area contributed by atoms with Gasteiger partial charge in [-0.1, -0.05) is 18.0 Å². The van der Waals surface area contributed by atoms with Gasteiger partial charge in [-0.2, -0.15) is 0 Å². The fourth-order valence-corrected chi connectivity index (χ4v) is 2.50.